The lowest BCUT2D eigenvalue weighted by Crippen LogP contribution is -2.35. The molecule has 0 radical (unpaired) electrons. The minimum absolute atomic E-state index is 0.186. The predicted molar refractivity (Wildman–Crippen MR) is 72.8 cm³/mol. The Kier molecular flexibility index (Phi) is 3.17. The molecule has 1 N–H and O–H groups in total. The summed E-state index contributed by atoms with van der Waals surface area (Å²) in [5.74, 6) is 0.186. The van der Waals surface area contributed by atoms with Gasteiger partial charge in [-0.2, -0.15) is 5.10 Å². The second kappa shape index (κ2) is 4.97. The molecule has 1 atom stereocenters. The fourth-order valence-corrected chi connectivity index (χ4v) is 2.63. The van der Waals surface area contributed by atoms with Crippen LogP contribution in [0.25, 0.3) is 0 Å². The first-order valence-corrected chi connectivity index (χ1v) is 6.56. The molecule has 1 aliphatic heterocycles. The molecule has 1 aliphatic rings. The molecule has 0 aliphatic carbocycles. The summed E-state index contributed by atoms with van der Waals surface area (Å²) in [5.41, 5.74) is 3.23. The second-order valence-corrected chi connectivity index (χ2v) is 4.96. The van der Waals surface area contributed by atoms with E-state index in [2.05, 4.69) is 16.5 Å². The van der Waals surface area contributed by atoms with Gasteiger partial charge in [0, 0.05) is 19.8 Å². The summed E-state index contributed by atoms with van der Waals surface area (Å²) in [7, 11) is 1.86. The lowest BCUT2D eigenvalue weighted by molar-refractivity contribution is -0.120. The summed E-state index contributed by atoms with van der Waals surface area (Å²) in [6.45, 7) is 0.857. The van der Waals surface area contributed by atoms with Crippen molar-refractivity contribution in [2.75, 3.05) is 6.54 Å². The zero-order chi connectivity index (χ0) is 13.2. The average Bonchev–Trinajstić information content (AvgIpc) is 2.83. The van der Waals surface area contributed by atoms with E-state index in [1.807, 2.05) is 37.5 Å². The van der Waals surface area contributed by atoms with Crippen molar-refractivity contribution >= 4 is 5.78 Å². The quantitative estimate of drug-likeness (QED) is 0.902. The van der Waals surface area contributed by atoms with Crippen LogP contribution in [-0.4, -0.2) is 22.1 Å². The van der Waals surface area contributed by atoms with Gasteiger partial charge in [0.15, 0.2) is 5.78 Å². The summed E-state index contributed by atoms with van der Waals surface area (Å²) >= 11 is 0. The Hall–Kier alpha value is -1.94. The number of carbonyl (C=O) groups excluding carboxylic acids is 1. The highest BCUT2D eigenvalue weighted by atomic mass is 16.1. The number of Topliss-reactive ketones (excluding diaryl/α,β-unsaturated/α-hetero) is 1. The van der Waals surface area contributed by atoms with Gasteiger partial charge in [-0.3, -0.25) is 9.48 Å². The van der Waals surface area contributed by atoms with E-state index in [9.17, 15) is 4.79 Å². The minimum atomic E-state index is -0.188. The molecule has 19 heavy (non-hydrogen) atoms. The molecule has 98 valence electrons. The molecule has 0 spiro atoms. The van der Waals surface area contributed by atoms with E-state index in [0.717, 1.165) is 24.2 Å². The van der Waals surface area contributed by atoms with Gasteiger partial charge in [0.05, 0.1) is 18.2 Å². The Balaban J connectivity index is 1.81. The monoisotopic (exact) mass is 255 g/mol. The van der Waals surface area contributed by atoms with Gasteiger partial charge < -0.3 is 5.32 Å². The zero-order valence-electron chi connectivity index (χ0n) is 11.0. The lowest BCUT2D eigenvalue weighted by Gasteiger charge is -2.25. The second-order valence-electron chi connectivity index (χ2n) is 4.96. The number of carbonyl (C=O) groups is 1. The Morgan fingerprint density at radius 3 is 3.05 bits per heavy atom. The highest BCUT2D eigenvalue weighted by Crippen LogP contribution is 2.24. The number of rotatable bonds is 3. The number of fused-ring (bicyclic) bond motifs is 1. The Morgan fingerprint density at radius 1 is 1.42 bits per heavy atom. The lowest BCUT2D eigenvalue weighted by atomic mass is 9.90. The van der Waals surface area contributed by atoms with Gasteiger partial charge in [0.1, 0.15) is 0 Å². The molecular weight excluding hydrogens is 238 g/mol. The van der Waals surface area contributed by atoms with Crippen molar-refractivity contribution in [1.29, 1.82) is 0 Å². The first kappa shape index (κ1) is 12.1. The van der Waals surface area contributed by atoms with E-state index in [4.69, 9.17) is 0 Å². The number of nitrogens with zero attached hydrogens (tertiary/aromatic N) is 2. The number of aryl methyl sites for hydroxylation is 1. The minimum Gasteiger partial charge on any atom is -0.303 e. The van der Waals surface area contributed by atoms with E-state index in [1.54, 1.807) is 4.68 Å². The van der Waals surface area contributed by atoms with Gasteiger partial charge >= 0.3 is 0 Å². The maximum Gasteiger partial charge on any atom is 0.160 e. The van der Waals surface area contributed by atoms with Gasteiger partial charge in [-0.25, -0.2) is 0 Å². The standard InChI is InChI=1S/C15H17N3O/c1-18-9-7-12(17-18)10-14(19)15-13-5-3-2-4-11(13)6-8-16-15/h2-5,7,9,15-16H,6,8,10H2,1H3. The van der Waals surface area contributed by atoms with E-state index >= 15 is 0 Å². The number of aromatic nitrogens is 2. The molecule has 0 saturated heterocycles. The third-order valence-electron chi connectivity index (χ3n) is 3.56. The van der Waals surface area contributed by atoms with Crippen molar-refractivity contribution in [3.63, 3.8) is 0 Å². The summed E-state index contributed by atoms with van der Waals surface area (Å²) in [6.07, 6.45) is 3.24. The van der Waals surface area contributed by atoms with Crippen LogP contribution in [0.4, 0.5) is 0 Å². The first-order chi connectivity index (χ1) is 9.24. The third-order valence-corrected chi connectivity index (χ3v) is 3.56. The smallest absolute Gasteiger partial charge is 0.160 e. The van der Waals surface area contributed by atoms with Gasteiger partial charge in [-0.1, -0.05) is 24.3 Å². The summed E-state index contributed by atoms with van der Waals surface area (Å²) in [6, 6.07) is 9.89. The highest BCUT2D eigenvalue weighted by molar-refractivity contribution is 5.87. The van der Waals surface area contributed by atoms with E-state index in [0.29, 0.717) is 6.42 Å². The van der Waals surface area contributed by atoms with Crippen molar-refractivity contribution < 1.29 is 4.79 Å². The van der Waals surface area contributed by atoms with Crippen molar-refractivity contribution in [3.8, 4) is 0 Å². The third kappa shape index (κ3) is 2.44. The molecule has 3 rings (SSSR count). The molecule has 4 nitrogen and oxygen atoms in total. The van der Waals surface area contributed by atoms with Crippen molar-refractivity contribution in [3.05, 3.63) is 53.3 Å². The van der Waals surface area contributed by atoms with Crippen molar-refractivity contribution in [2.45, 2.75) is 18.9 Å². The molecule has 2 heterocycles. The highest BCUT2D eigenvalue weighted by Gasteiger charge is 2.25. The first-order valence-electron chi connectivity index (χ1n) is 6.56. The SMILES string of the molecule is Cn1ccc(CC(=O)C2NCCc3ccccc32)n1. The average molecular weight is 255 g/mol. The Bertz CT molecular complexity index is 603. The van der Waals surface area contributed by atoms with Crippen LogP contribution < -0.4 is 5.32 Å². The van der Waals surface area contributed by atoms with Crippen LogP contribution in [-0.2, 0) is 24.7 Å². The van der Waals surface area contributed by atoms with Crippen molar-refractivity contribution in [1.82, 2.24) is 15.1 Å². The molecular formula is C15H17N3O. The van der Waals surface area contributed by atoms with Crippen LogP contribution in [0.1, 0.15) is 22.9 Å². The largest absolute Gasteiger partial charge is 0.303 e. The predicted octanol–water partition coefficient (Wildman–Crippen LogP) is 1.42. The fourth-order valence-electron chi connectivity index (χ4n) is 2.63. The van der Waals surface area contributed by atoms with E-state index < -0.39 is 0 Å². The molecule has 1 aromatic heterocycles. The number of ketones is 1. The number of nitrogens with one attached hydrogen (secondary N) is 1. The maximum absolute atomic E-state index is 12.4. The molecule has 0 amide bonds. The Labute approximate surface area is 112 Å². The van der Waals surface area contributed by atoms with Crippen LogP contribution in [0.15, 0.2) is 36.5 Å². The maximum atomic E-state index is 12.4. The van der Waals surface area contributed by atoms with Crippen LogP contribution in [0.5, 0.6) is 0 Å². The van der Waals surface area contributed by atoms with Crippen LogP contribution in [0, 0.1) is 0 Å². The zero-order valence-corrected chi connectivity index (χ0v) is 11.0. The van der Waals surface area contributed by atoms with Crippen LogP contribution in [0.2, 0.25) is 0 Å². The molecule has 2 aromatic rings. The number of hydrogen-bond donors (Lipinski definition) is 1. The summed E-state index contributed by atoms with van der Waals surface area (Å²) in [4.78, 5) is 12.4. The molecule has 4 heteroatoms. The molecule has 1 aromatic carbocycles. The van der Waals surface area contributed by atoms with Gasteiger partial charge in [-0.15, -0.1) is 0 Å². The topological polar surface area (TPSA) is 46.9 Å². The number of benzene rings is 1. The Morgan fingerprint density at radius 2 is 2.26 bits per heavy atom. The van der Waals surface area contributed by atoms with Gasteiger partial charge in [0.25, 0.3) is 0 Å². The van der Waals surface area contributed by atoms with Crippen molar-refractivity contribution in [2.24, 2.45) is 7.05 Å². The van der Waals surface area contributed by atoms with Crippen LogP contribution in [0.3, 0.4) is 0 Å². The van der Waals surface area contributed by atoms with Gasteiger partial charge in [0.2, 0.25) is 0 Å². The summed E-state index contributed by atoms with van der Waals surface area (Å²) < 4.78 is 1.73. The number of hydrogen-bond acceptors (Lipinski definition) is 3. The van der Waals surface area contributed by atoms with E-state index in [1.165, 1.54) is 5.56 Å². The van der Waals surface area contributed by atoms with Gasteiger partial charge in [-0.05, 0) is 23.6 Å². The molecule has 0 saturated carbocycles. The summed E-state index contributed by atoms with van der Waals surface area (Å²) in [5, 5.41) is 7.59. The van der Waals surface area contributed by atoms with Crippen LogP contribution >= 0.6 is 0 Å². The fraction of sp³-hybridized carbons (Fsp3) is 0.333. The van der Waals surface area contributed by atoms with E-state index in [-0.39, 0.29) is 11.8 Å². The molecule has 0 bridgehead atoms. The molecule has 0 fully saturated rings. The molecule has 1 unspecified atom stereocenters. The normalized spacial score (nSPS) is 18.1.